The lowest BCUT2D eigenvalue weighted by Crippen LogP contribution is -2.02. The molecule has 0 aliphatic carbocycles. The van der Waals surface area contributed by atoms with E-state index in [9.17, 15) is 13.9 Å². The second-order valence-electron chi connectivity index (χ2n) is 2.60. The largest absolute Gasteiger partial charge is 0.504 e. The minimum atomic E-state index is -1.26. The van der Waals surface area contributed by atoms with Crippen LogP contribution in [0.2, 0.25) is 0 Å². The van der Waals surface area contributed by atoms with Gasteiger partial charge in [0.15, 0.2) is 23.1 Å². The fourth-order valence-electron chi connectivity index (χ4n) is 0.907. The van der Waals surface area contributed by atoms with Gasteiger partial charge in [0.25, 0.3) is 0 Å². The summed E-state index contributed by atoms with van der Waals surface area (Å²) in [6.45, 7) is 0. The van der Waals surface area contributed by atoms with Crippen LogP contribution in [0.1, 0.15) is 5.56 Å². The van der Waals surface area contributed by atoms with E-state index in [1.165, 1.54) is 12.1 Å². The number of nitrogens with zero attached hydrogens (tertiary/aromatic N) is 1. The molecule has 0 aromatic heterocycles. The Morgan fingerprint density at radius 3 is 2.53 bits per heavy atom. The third-order valence-corrected chi connectivity index (χ3v) is 2.28. The highest BCUT2D eigenvalue weighted by Gasteiger charge is 2.16. The SMILES string of the molecule is N#C/C(N)=C(/O)c1ccc(Br)c(F)c1F. The van der Waals surface area contributed by atoms with Crippen LogP contribution in [0.3, 0.4) is 0 Å². The van der Waals surface area contributed by atoms with Gasteiger partial charge in [-0.25, -0.2) is 8.78 Å². The number of nitriles is 1. The molecule has 1 aromatic rings. The maximum atomic E-state index is 13.2. The maximum absolute atomic E-state index is 13.2. The standard InChI is InChI=1S/C9H5BrF2N2O/c10-5-2-1-4(7(11)8(5)12)9(15)6(14)3-13/h1-2,15H,14H2/b9-6-. The van der Waals surface area contributed by atoms with Crippen LogP contribution < -0.4 is 5.73 Å². The predicted octanol–water partition coefficient (Wildman–Crippen LogP) is 2.44. The van der Waals surface area contributed by atoms with Crippen molar-refractivity contribution in [1.29, 1.82) is 5.26 Å². The summed E-state index contributed by atoms with van der Waals surface area (Å²) in [5, 5.41) is 17.7. The number of hydrogen-bond donors (Lipinski definition) is 2. The van der Waals surface area contributed by atoms with Gasteiger partial charge in [-0.05, 0) is 28.1 Å². The zero-order valence-electron chi connectivity index (χ0n) is 7.26. The van der Waals surface area contributed by atoms with E-state index in [1.807, 2.05) is 0 Å². The molecule has 78 valence electrons. The highest BCUT2D eigenvalue weighted by atomic mass is 79.9. The van der Waals surface area contributed by atoms with Crippen LogP contribution in [0, 0.1) is 23.0 Å². The molecule has 0 saturated heterocycles. The van der Waals surface area contributed by atoms with Gasteiger partial charge in [-0.3, -0.25) is 0 Å². The van der Waals surface area contributed by atoms with Gasteiger partial charge < -0.3 is 10.8 Å². The summed E-state index contributed by atoms with van der Waals surface area (Å²) in [5.74, 6) is -3.19. The third-order valence-electron chi connectivity index (χ3n) is 1.67. The monoisotopic (exact) mass is 274 g/mol. The fourth-order valence-corrected chi connectivity index (χ4v) is 1.21. The van der Waals surface area contributed by atoms with E-state index in [2.05, 4.69) is 15.9 Å². The van der Waals surface area contributed by atoms with Crippen molar-refractivity contribution in [3.63, 3.8) is 0 Å². The number of aliphatic hydroxyl groups excluding tert-OH is 1. The summed E-state index contributed by atoms with van der Waals surface area (Å²) in [7, 11) is 0. The van der Waals surface area contributed by atoms with Crippen molar-refractivity contribution in [3.05, 3.63) is 39.5 Å². The van der Waals surface area contributed by atoms with E-state index >= 15 is 0 Å². The lowest BCUT2D eigenvalue weighted by molar-refractivity contribution is 0.474. The van der Waals surface area contributed by atoms with Crippen LogP contribution >= 0.6 is 15.9 Å². The number of rotatable bonds is 1. The topological polar surface area (TPSA) is 70.0 Å². The Morgan fingerprint density at radius 2 is 2.00 bits per heavy atom. The Morgan fingerprint density at radius 1 is 1.40 bits per heavy atom. The number of benzene rings is 1. The van der Waals surface area contributed by atoms with Gasteiger partial charge in [-0.2, -0.15) is 5.26 Å². The first-order valence-electron chi connectivity index (χ1n) is 3.71. The van der Waals surface area contributed by atoms with Gasteiger partial charge in [0.05, 0.1) is 10.0 Å². The van der Waals surface area contributed by atoms with Crippen molar-refractivity contribution < 1.29 is 13.9 Å². The first-order valence-corrected chi connectivity index (χ1v) is 4.51. The normalized spacial score (nSPS) is 11.9. The molecule has 1 aromatic carbocycles. The summed E-state index contributed by atoms with van der Waals surface area (Å²) in [6.07, 6.45) is 0. The highest BCUT2D eigenvalue weighted by molar-refractivity contribution is 9.10. The Labute approximate surface area is 92.6 Å². The van der Waals surface area contributed by atoms with Crippen molar-refractivity contribution in [2.75, 3.05) is 0 Å². The molecule has 3 nitrogen and oxygen atoms in total. The van der Waals surface area contributed by atoms with Crippen molar-refractivity contribution in [2.24, 2.45) is 5.73 Å². The van der Waals surface area contributed by atoms with Gasteiger partial charge in [-0.15, -0.1) is 0 Å². The molecule has 1 rings (SSSR count). The number of halogens is 3. The Hall–Kier alpha value is -1.61. The molecule has 15 heavy (non-hydrogen) atoms. The van der Waals surface area contributed by atoms with Crippen molar-refractivity contribution >= 4 is 21.7 Å². The Bertz CT molecular complexity index is 480. The summed E-state index contributed by atoms with van der Waals surface area (Å²) in [4.78, 5) is 0. The first kappa shape index (κ1) is 11.5. The molecule has 0 aliphatic rings. The fraction of sp³-hybridized carbons (Fsp3) is 0. The molecule has 0 heterocycles. The molecule has 6 heteroatoms. The van der Waals surface area contributed by atoms with Gasteiger partial charge in [0.1, 0.15) is 6.07 Å². The van der Waals surface area contributed by atoms with E-state index in [4.69, 9.17) is 11.0 Å². The molecule has 0 fully saturated rings. The van der Waals surface area contributed by atoms with Crippen molar-refractivity contribution in [1.82, 2.24) is 0 Å². The molecule has 0 unspecified atom stereocenters. The van der Waals surface area contributed by atoms with Crippen molar-refractivity contribution in [3.8, 4) is 6.07 Å². The average Bonchev–Trinajstić information content (AvgIpc) is 2.24. The lowest BCUT2D eigenvalue weighted by atomic mass is 10.1. The van der Waals surface area contributed by atoms with Crippen LogP contribution in [-0.4, -0.2) is 5.11 Å². The molecule has 0 amide bonds. The van der Waals surface area contributed by atoms with Gasteiger partial charge in [0, 0.05) is 0 Å². The van der Waals surface area contributed by atoms with Gasteiger partial charge >= 0.3 is 0 Å². The summed E-state index contributed by atoms with van der Waals surface area (Å²) >= 11 is 2.77. The van der Waals surface area contributed by atoms with Gasteiger partial charge in [-0.1, -0.05) is 0 Å². The highest BCUT2D eigenvalue weighted by Crippen LogP contribution is 2.25. The molecule has 0 spiro atoms. The van der Waals surface area contributed by atoms with E-state index in [0.717, 1.165) is 6.07 Å². The molecular formula is C9H5BrF2N2O. The van der Waals surface area contributed by atoms with Crippen LogP contribution in [0.25, 0.3) is 5.76 Å². The average molecular weight is 275 g/mol. The predicted molar refractivity (Wildman–Crippen MR) is 53.4 cm³/mol. The third kappa shape index (κ3) is 2.07. The second-order valence-corrected chi connectivity index (χ2v) is 3.45. The van der Waals surface area contributed by atoms with Gasteiger partial charge in [0.2, 0.25) is 0 Å². The molecule has 0 radical (unpaired) electrons. The summed E-state index contributed by atoms with van der Waals surface area (Å²) in [6, 6.07) is 3.75. The first-order chi connectivity index (χ1) is 6.99. The van der Waals surface area contributed by atoms with Crippen molar-refractivity contribution in [2.45, 2.75) is 0 Å². The van der Waals surface area contributed by atoms with Crippen LogP contribution in [0.15, 0.2) is 22.3 Å². The molecule has 0 bridgehead atoms. The minimum absolute atomic E-state index is 0.0768. The number of allylic oxidation sites excluding steroid dienone is 1. The molecule has 0 saturated carbocycles. The van der Waals surface area contributed by atoms with E-state index < -0.39 is 28.7 Å². The maximum Gasteiger partial charge on any atom is 0.173 e. The summed E-state index contributed by atoms with van der Waals surface area (Å²) < 4.78 is 26.2. The molecule has 0 atom stereocenters. The zero-order valence-corrected chi connectivity index (χ0v) is 8.85. The molecule has 3 N–H and O–H groups in total. The smallest absolute Gasteiger partial charge is 0.173 e. The van der Waals surface area contributed by atoms with Crippen LogP contribution in [0.4, 0.5) is 8.78 Å². The summed E-state index contributed by atoms with van der Waals surface area (Å²) in [5.41, 5.74) is 4.05. The lowest BCUT2D eigenvalue weighted by Gasteiger charge is -2.04. The minimum Gasteiger partial charge on any atom is -0.504 e. The van der Waals surface area contributed by atoms with Crippen LogP contribution in [-0.2, 0) is 0 Å². The second kappa shape index (κ2) is 4.28. The van der Waals surface area contributed by atoms with E-state index in [-0.39, 0.29) is 4.47 Å². The van der Waals surface area contributed by atoms with Crippen LogP contribution in [0.5, 0.6) is 0 Å². The zero-order chi connectivity index (χ0) is 11.6. The molecular weight excluding hydrogens is 270 g/mol. The van der Waals surface area contributed by atoms with E-state index in [0.29, 0.717) is 0 Å². The number of nitrogens with two attached hydrogens (primary N) is 1. The molecule has 0 aliphatic heterocycles. The van der Waals surface area contributed by atoms with E-state index in [1.54, 1.807) is 0 Å². The Kier molecular flexibility index (Phi) is 3.27. The number of hydrogen-bond acceptors (Lipinski definition) is 3. The Balaban J connectivity index is 3.43. The quantitative estimate of drug-likeness (QED) is 0.470. The number of aliphatic hydroxyl groups is 1.